The van der Waals surface area contributed by atoms with Gasteiger partial charge in [-0.05, 0) is 42.5 Å². The van der Waals surface area contributed by atoms with Crippen LogP contribution in [-0.4, -0.2) is 30.5 Å². The minimum atomic E-state index is -4.50. The van der Waals surface area contributed by atoms with Gasteiger partial charge in [0.05, 0.1) is 36.3 Å². The second-order valence-electron chi connectivity index (χ2n) is 7.48. The van der Waals surface area contributed by atoms with Crippen molar-refractivity contribution in [3.8, 4) is 0 Å². The fourth-order valence-electron chi connectivity index (χ4n) is 3.66. The number of anilines is 1. The summed E-state index contributed by atoms with van der Waals surface area (Å²) in [5.74, 6) is -0.514. The highest BCUT2D eigenvalue weighted by molar-refractivity contribution is 7.18. The number of pyridine rings is 2. The molecule has 0 aliphatic heterocycles. The van der Waals surface area contributed by atoms with E-state index >= 15 is 0 Å². The number of thiazole rings is 1. The molecule has 0 aliphatic carbocycles. The summed E-state index contributed by atoms with van der Waals surface area (Å²) in [6, 6.07) is 11.8. The number of nitrogens with zero attached hydrogens (tertiary/aromatic N) is 4. The number of rotatable bonds is 5. The molecule has 5 rings (SSSR count). The number of alkyl halides is 3. The van der Waals surface area contributed by atoms with Gasteiger partial charge in [-0.3, -0.25) is 9.78 Å². The molecule has 0 atom stereocenters. The third-order valence-electron chi connectivity index (χ3n) is 5.19. The molecule has 7 nitrogen and oxygen atoms in total. The van der Waals surface area contributed by atoms with Crippen LogP contribution in [0.4, 0.5) is 18.9 Å². The number of hydrogen-bond acceptors (Lipinski definition) is 6. The van der Waals surface area contributed by atoms with E-state index in [1.165, 1.54) is 29.7 Å². The van der Waals surface area contributed by atoms with Gasteiger partial charge in [-0.2, -0.15) is 13.2 Å². The fourth-order valence-corrected chi connectivity index (χ4v) is 4.40. The van der Waals surface area contributed by atoms with Crippen LogP contribution in [0, 0.1) is 0 Å². The molecule has 0 fully saturated rings. The molecule has 0 radical (unpaired) electrons. The van der Waals surface area contributed by atoms with Gasteiger partial charge in [0.15, 0.2) is 0 Å². The predicted molar refractivity (Wildman–Crippen MR) is 122 cm³/mol. The van der Waals surface area contributed by atoms with Crippen LogP contribution in [-0.2, 0) is 19.3 Å². The lowest BCUT2D eigenvalue weighted by Crippen LogP contribution is -2.18. The first-order valence-electron chi connectivity index (χ1n) is 10.1. The van der Waals surface area contributed by atoms with Crippen LogP contribution >= 0.6 is 11.3 Å². The molecule has 2 N–H and O–H groups in total. The van der Waals surface area contributed by atoms with E-state index in [1.54, 1.807) is 35.0 Å². The van der Waals surface area contributed by atoms with E-state index in [9.17, 15) is 23.1 Å². The number of carbonyl (C=O) groups is 1. The van der Waals surface area contributed by atoms with E-state index < -0.39 is 17.6 Å². The van der Waals surface area contributed by atoms with Crippen molar-refractivity contribution in [2.75, 3.05) is 5.32 Å². The number of benzene rings is 1. The van der Waals surface area contributed by atoms with E-state index in [4.69, 9.17) is 0 Å². The number of aliphatic hydroxyl groups excluding tert-OH is 1. The Hall–Kier alpha value is -3.83. The Morgan fingerprint density at radius 1 is 1.12 bits per heavy atom. The number of amides is 1. The summed E-state index contributed by atoms with van der Waals surface area (Å²) in [7, 11) is 0. The Kier molecular flexibility index (Phi) is 5.50. The first kappa shape index (κ1) is 22.0. The minimum Gasteiger partial charge on any atom is -0.389 e. The minimum absolute atomic E-state index is 0.175. The van der Waals surface area contributed by atoms with Crippen LogP contribution in [0.25, 0.3) is 21.3 Å². The molecule has 34 heavy (non-hydrogen) atoms. The normalized spacial score (nSPS) is 11.9. The first-order chi connectivity index (χ1) is 16.3. The van der Waals surface area contributed by atoms with Gasteiger partial charge in [0.2, 0.25) is 0 Å². The Bertz CT molecular complexity index is 1510. The molecule has 5 aromatic rings. The molecule has 4 heterocycles. The largest absolute Gasteiger partial charge is 0.416 e. The fraction of sp³-hybridized carbons (Fsp3) is 0.130. The van der Waals surface area contributed by atoms with Gasteiger partial charge in [0.1, 0.15) is 21.0 Å². The maximum Gasteiger partial charge on any atom is 0.416 e. The van der Waals surface area contributed by atoms with E-state index in [1.807, 2.05) is 0 Å². The Morgan fingerprint density at radius 2 is 1.97 bits per heavy atom. The summed E-state index contributed by atoms with van der Waals surface area (Å²) in [6.07, 6.45) is -1.42. The smallest absolute Gasteiger partial charge is 0.389 e. The molecule has 1 aromatic carbocycles. The molecule has 0 saturated heterocycles. The number of nitrogens with one attached hydrogen (secondary N) is 1. The van der Waals surface area contributed by atoms with Gasteiger partial charge in [-0.25, -0.2) is 9.97 Å². The number of carbonyl (C=O) groups excluding carboxylic acids is 1. The summed E-state index contributed by atoms with van der Waals surface area (Å²) in [5.41, 5.74) is 1.41. The monoisotopic (exact) mass is 483 g/mol. The van der Waals surface area contributed by atoms with Crippen LogP contribution < -0.4 is 5.32 Å². The molecular weight excluding hydrogens is 467 g/mol. The highest BCUT2D eigenvalue weighted by Crippen LogP contribution is 2.33. The Balaban J connectivity index is 1.54. The lowest BCUT2D eigenvalue weighted by Gasteiger charge is -2.11. The van der Waals surface area contributed by atoms with Gasteiger partial charge in [-0.1, -0.05) is 17.4 Å². The molecule has 0 aliphatic rings. The second-order valence-corrected chi connectivity index (χ2v) is 8.54. The number of aliphatic hydroxyl groups is 1. The summed E-state index contributed by atoms with van der Waals surface area (Å²) in [5, 5.41) is 12.8. The van der Waals surface area contributed by atoms with E-state index in [-0.39, 0.29) is 24.2 Å². The quantitative estimate of drug-likeness (QED) is 0.373. The van der Waals surface area contributed by atoms with Crippen LogP contribution in [0.3, 0.4) is 0 Å². The summed E-state index contributed by atoms with van der Waals surface area (Å²) in [4.78, 5) is 26.6. The molecule has 172 valence electrons. The van der Waals surface area contributed by atoms with Crippen molar-refractivity contribution in [2.45, 2.75) is 19.3 Å². The van der Waals surface area contributed by atoms with Crippen LogP contribution in [0.2, 0.25) is 0 Å². The Labute approximate surface area is 194 Å². The van der Waals surface area contributed by atoms with E-state index in [0.29, 0.717) is 32.3 Å². The van der Waals surface area contributed by atoms with Gasteiger partial charge in [-0.15, -0.1) is 0 Å². The molecule has 0 spiro atoms. The van der Waals surface area contributed by atoms with Crippen molar-refractivity contribution >= 4 is 44.2 Å². The van der Waals surface area contributed by atoms with Gasteiger partial charge >= 0.3 is 6.18 Å². The second kappa shape index (κ2) is 8.50. The van der Waals surface area contributed by atoms with Gasteiger partial charge in [0.25, 0.3) is 5.91 Å². The van der Waals surface area contributed by atoms with Crippen LogP contribution in [0.1, 0.15) is 26.8 Å². The molecule has 4 aromatic heterocycles. The van der Waals surface area contributed by atoms with E-state index in [0.717, 1.165) is 12.1 Å². The molecule has 1 amide bonds. The topological polar surface area (TPSA) is 92.9 Å². The zero-order chi connectivity index (χ0) is 23.9. The summed E-state index contributed by atoms with van der Waals surface area (Å²) in [6.45, 7) is -0.0159. The van der Waals surface area contributed by atoms with Crippen molar-refractivity contribution in [2.24, 2.45) is 0 Å². The van der Waals surface area contributed by atoms with Crippen LogP contribution in [0.5, 0.6) is 0 Å². The van der Waals surface area contributed by atoms with E-state index in [2.05, 4.69) is 20.3 Å². The number of hydrogen-bond donors (Lipinski definition) is 2. The third-order valence-corrected chi connectivity index (χ3v) is 6.16. The predicted octanol–water partition coefficient (Wildman–Crippen LogP) is 4.85. The van der Waals surface area contributed by atoms with Crippen LogP contribution in [0.15, 0.2) is 60.9 Å². The molecule has 0 bridgehead atoms. The molecule has 0 saturated carbocycles. The van der Waals surface area contributed by atoms with Gasteiger partial charge < -0.3 is 15.0 Å². The molecule has 11 heteroatoms. The number of fused-ring (bicyclic) bond motifs is 2. The third kappa shape index (κ3) is 4.22. The van der Waals surface area contributed by atoms with Crippen molar-refractivity contribution in [3.63, 3.8) is 0 Å². The number of aromatic nitrogens is 4. The van der Waals surface area contributed by atoms with Crippen molar-refractivity contribution in [3.05, 3.63) is 82.9 Å². The molecular formula is C23H16F3N5O2S. The maximum absolute atomic E-state index is 13.2. The van der Waals surface area contributed by atoms with Crippen molar-refractivity contribution in [1.29, 1.82) is 0 Å². The zero-order valence-electron chi connectivity index (χ0n) is 17.4. The lowest BCUT2D eigenvalue weighted by atomic mass is 10.1. The number of halogens is 3. The van der Waals surface area contributed by atoms with Crippen molar-refractivity contribution < 1.29 is 23.1 Å². The maximum atomic E-state index is 13.2. The Morgan fingerprint density at radius 3 is 2.71 bits per heavy atom. The standard InChI is InChI=1S/C23H16F3N5O2S/c24-23(25,26)14-4-5-18-13(7-14)8-19(31(18)11-15-3-1-2-6-27-15)21(33)29-16-9-17-22(28-10-16)34-20(12-32)30-17/h1-10,32H,11-12H2,(H,29,33). The highest BCUT2D eigenvalue weighted by atomic mass is 32.1. The first-order valence-corrected chi connectivity index (χ1v) is 10.9. The summed E-state index contributed by atoms with van der Waals surface area (Å²) >= 11 is 1.24. The average Bonchev–Trinajstić information content (AvgIpc) is 3.40. The average molecular weight is 483 g/mol. The van der Waals surface area contributed by atoms with Crippen molar-refractivity contribution in [1.82, 2.24) is 19.5 Å². The highest BCUT2D eigenvalue weighted by Gasteiger charge is 2.31. The lowest BCUT2D eigenvalue weighted by molar-refractivity contribution is -0.137. The SMILES string of the molecule is O=C(Nc1cnc2sc(CO)nc2c1)c1cc2cc(C(F)(F)F)ccc2n1Cc1ccccn1. The van der Waals surface area contributed by atoms with Gasteiger partial charge in [0, 0.05) is 17.1 Å². The molecule has 0 unspecified atom stereocenters. The summed E-state index contributed by atoms with van der Waals surface area (Å²) < 4.78 is 41.4. The zero-order valence-corrected chi connectivity index (χ0v) is 18.2.